The van der Waals surface area contributed by atoms with Gasteiger partial charge in [-0.25, -0.2) is 0 Å². The molecule has 2 aromatic carbocycles. The van der Waals surface area contributed by atoms with E-state index in [1.165, 1.54) is 8.61 Å². The Morgan fingerprint density at radius 3 is 2.70 bits per heavy atom. The summed E-state index contributed by atoms with van der Waals surface area (Å²) in [6.07, 6.45) is 3.23. The van der Waals surface area contributed by atoms with Gasteiger partial charge in [-0.1, -0.05) is 41.9 Å². The van der Waals surface area contributed by atoms with E-state index < -0.39 is 16.1 Å². The Morgan fingerprint density at radius 2 is 1.91 bits per heavy atom. The molecule has 1 saturated heterocycles. The molecule has 0 bridgehead atoms. The number of benzene rings is 2. The maximum Gasteiger partial charge on any atom is 0.282 e. The lowest BCUT2D eigenvalue weighted by Crippen LogP contribution is -2.59. The molecule has 8 nitrogen and oxygen atoms in total. The fourth-order valence-electron chi connectivity index (χ4n) is 4.33. The van der Waals surface area contributed by atoms with Crippen LogP contribution in [0.1, 0.15) is 17.0 Å². The average molecular weight is 487 g/mol. The molecule has 1 N–H and O–H groups in total. The number of methoxy groups -OCH3 is 1. The molecular formula is C23H23ClN4O4S. The van der Waals surface area contributed by atoms with Gasteiger partial charge in [0.05, 0.1) is 23.9 Å². The van der Waals surface area contributed by atoms with E-state index in [0.29, 0.717) is 23.8 Å². The van der Waals surface area contributed by atoms with Crippen LogP contribution in [0.4, 0.5) is 5.69 Å². The monoisotopic (exact) mass is 486 g/mol. The molecule has 1 aromatic heterocycles. The number of hydrogen-bond donors (Lipinski definition) is 1. The van der Waals surface area contributed by atoms with Crippen molar-refractivity contribution in [2.24, 2.45) is 0 Å². The summed E-state index contributed by atoms with van der Waals surface area (Å²) in [5, 5.41) is 5.22. The third kappa shape index (κ3) is 4.11. The third-order valence-corrected chi connectivity index (χ3v) is 8.38. The SMILES string of the molecule is COC1CN(S(=O)(=O)N2Cc3ccc(Cl)cc3[C@H](C(=O)Nc3cncc4ccccc34)C2)C1. The van der Waals surface area contributed by atoms with Crippen molar-refractivity contribution in [2.45, 2.75) is 18.6 Å². The van der Waals surface area contributed by atoms with Crippen LogP contribution in [0.5, 0.6) is 0 Å². The number of hydrogen-bond acceptors (Lipinski definition) is 5. The van der Waals surface area contributed by atoms with Crippen LogP contribution in [0, 0.1) is 0 Å². The predicted molar refractivity (Wildman–Crippen MR) is 126 cm³/mol. The molecule has 1 fully saturated rings. The summed E-state index contributed by atoms with van der Waals surface area (Å²) in [5.74, 6) is -1.03. The minimum atomic E-state index is -3.73. The quantitative estimate of drug-likeness (QED) is 0.598. The summed E-state index contributed by atoms with van der Waals surface area (Å²) >= 11 is 6.23. The second-order valence-electron chi connectivity index (χ2n) is 8.27. The highest BCUT2D eigenvalue weighted by Crippen LogP contribution is 2.35. The molecule has 2 aliphatic rings. The van der Waals surface area contributed by atoms with Gasteiger partial charge in [0, 0.05) is 55.3 Å². The Morgan fingerprint density at radius 1 is 1.12 bits per heavy atom. The Balaban J connectivity index is 1.46. The zero-order valence-corrected chi connectivity index (χ0v) is 19.5. The van der Waals surface area contributed by atoms with Crippen LogP contribution in [-0.2, 0) is 26.3 Å². The maximum absolute atomic E-state index is 13.5. The number of ether oxygens (including phenoxy) is 1. The molecule has 33 heavy (non-hydrogen) atoms. The van der Waals surface area contributed by atoms with E-state index in [1.807, 2.05) is 24.3 Å². The number of carbonyl (C=O) groups is 1. The van der Waals surface area contributed by atoms with E-state index in [2.05, 4.69) is 10.3 Å². The van der Waals surface area contributed by atoms with Crippen molar-refractivity contribution in [3.05, 3.63) is 71.0 Å². The van der Waals surface area contributed by atoms with E-state index in [1.54, 1.807) is 37.7 Å². The van der Waals surface area contributed by atoms with Gasteiger partial charge in [-0.2, -0.15) is 17.0 Å². The van der Waals surface area contributed by atoms with Crippen molar-refractivity contribution >= 4 is 44.2 Å². The second-order valence-corrected chi connectivity index (χ2v) is 10.6. The van der Waals surface area contributed by atoms with Crippen LogP contribution in [-0.4, -0.2) is 60.8 Å². The first-order valence-electron chi connectivity index (χ1n) is 10.6. The van der Waals surface area contributed by atoms with E-state index in [4.69, 9.17) is 16.3 Å². The number of carbonyl (C=O) groups excluding carboxylic acids is 1. The number of nitrogens with zero attached hydrogens (tertiary/aromatic N) is 3. The van der Waals surface area contributed by atoms with Gasteiger partial charge in [0.1, 0.15) is 0 Å². The molecule has 3 aromatic rings. The normalized spacial score (nSPS) is 19.8. The van der Waals surface area contributed by atoms with E-state index in [-0.39, 0.29) is 25.1 Å². The molecule has 0 radical (unpaired) electrons. The van der Waals surface area contributed by atoms with Crippen molar-refractivity contribution in [1.82, 2.24) is 13.6 Å². The summed E-state index contributed by atoms with van der Waals surface area (Å²) in [6, 6.07) is 12.9. The first-order valence-corrected chi connectivity index (χ1v) is 12.3. The van der Waals surface area contributed by atoms with Crippen LogP contribution in [0.3, 0.4) is 0 Å². The van der Waals surface area contributed by atoms with Gasteiger partial charge in [0.25, 0.3) is 10.2 Å². The lowest BCUT2D eigenvalue weighted by atomic mass is 9.90. The number of nitrogens with one attached hydrogen (secondary N) is 1. The van der Waals surface area contributed by atoms with Crippen molar-refractivity contribution < 1.29 is 17.9 Å². The Bertz CT molecular complexity index is 1320. The number of halogens is 1. The van der Waals surface area contributed by atoms with E-state index in [0.717, 1.165) is 21.9 Å². The molecule has 2 aliphatic heterocycles. The summed E-state index contributed by atoms with van der Waals surface area (Å²) in [5.41, 5.74) is 2.07. The number of anilines is 1. The Labute approximate surface area is 197 Å². The molecule has 5 rings (SSSR count). The molecule has 0 spiro atoms. The minimum absolute atomic E-state index is 0.0217. The number of pyridine rings is 1. The van der Waals surface area contributed by atoms with Crippen molar-refractivity contribution in [3.8, 4) is 0 Å². The minimum Gasteiger partial charge on any atom is -0.379 e. The third-order valence-electron chi connectivity index (χ3n) is 6.26. The topological polar surface area (TPSA) is 91.8 Å². The van der Waals surface area contributed by atoms with Gasteiger partial charge in [-0.15, -0.1) is 0 Å². The molecule has 3 heterocycles. The number of aromatic nitrogens is 1. The highest BCUT2D eigenvalue weighted by atomic mass is 35.5. The molecule has 1 atom stereocenters. The highest BCUT2D eigenvalue weighted by Gasteiger charge is 2.43. The molecule has 0 unspecified atom stereocenters. The van der Waals surface area contributed by atoms with Crippen molar-refractivity contribution in [1.29, 1.82) is 0 Å². The molecule has 1 amide bonds. The standard InChI is InChI=1S/C23H23ClN4O4S/c1-32-18-12-28(13-18)33(30,31)27-11-16-6-7-17(24)8-20(16)21(14-27)23(29)26-22-10-25-9-15-4-2-3-5-19(15)22/h2-10,18,21H,11-14H2,1H3,(H,26,29)/t21-/m1/s1. The van der Waals surface area contributed by atoms with Gasteiger partial charge >= 0.3 is 0 Å². The number of rotatable bonds is 5. The zero-order chi connectivity index (χ0) is 23.2. The first kappa shape index (κ1) is 22.2. The van der Waals surface area contributed by atoms with Gasteiger partial charge < -0.3 is 10.1 Å². The molecule has 0 aliphatic carbocycles. The van der Waals surface area contributed by atoms with Gasteiger partial charge in [0.15, 0.2) is 0 Å². The average Bonchev–Trinajstić information content (AvgIpc) is 2.77. The van der Waals surface area contributed by atoms with Gasteiger partial charge in [-0.05, 0) is 23.3 Å². The van der Waals surface area contributed by atoms with Gasteiger partial charge in [-0.3, -0.25) is 9.78 Å². The predicted octanol–water partition coefficient (Wildman–Crippen LogP) is 3.00. The van der Waals surface area contributed by atoms with Crippen LogP contribution >= 0.6 is 11.6 Å². The summed E-state index contributed by atoms with van der Waals surface area (Å²) < 4.78 is 34.4. The summed E-state index contributed by atoms with van der Waals surface area (Å²) in [7, 11) is -2.17. The van der Waals surface area contributed by atoms with E-state index in [9.17, 15) is 13.2 Å². The summed E-state index contributed by atoms with van der Waals surface area (Å²) in [4.78, 5) is 17.7. The van der Waals surface area contributed by atoms with Crippen molar-refractivity contribution in [2.75, 3.05) is 32.1 Å². The fourth-order valence-corrected chi connectivity index (χ4v) is 6.18. The lowest BCUT2D eigenvalue weighted by Gasteiger charge is -2.42. The van der Waals surface area contributed by atoms with Crippen LogP contribution in [0.15, 0.2) is 54.9 Å². The largest absolute Gasteiger partial charge is 0.379 e. The molecule has 0 saturated carbocycles. The molecule has 10 heteroatoms. The maximum atomic E-state index is 13.5. The smallest absolute Gasteiger partial charge is 0.282 e. The van der Waals surface area contributed by atoms with Gasteiger partial charge in [0.2, 0.25) is 5.91 Å². The van der Waals surface area contributed by atoms with Crippen LogP contribution in [0.2, 0.25) is 5.02 Å². The second kappa shape index (κ2) is 8.66. The lowest BCUT2D eigenvalue weighted by molar-refractivity contribution is -0.118. The number of amides is 1. The Kier molecular flexibility index (Phi) is 5.84. The first-order chi connectivity index (χ1) is 15.9. The fraction of sp³-hybridized carbons (Fsp3) is 0.304. The zero-order valence-electron chi connectivity index (χ0n) is 17.9. The van der Waals surface area contributed by atoms with Crippen LogP contribution in [0.25, 0.3) is 10.8 Å². The highest BCUT2D eigenvalue weighted by molar-refractivity contribution is 7.86. The van der Waals surface area contributed by atoms with E-state index >= 15 is 0 Å². The number of fused-ring (bicyclic) bond motifs is 2. The Hall–Kier alpha value is -2.56. The molecular weight excluding hydrogens is 464 g/mol. The summed E-state index contributed by atoms with van der Waals surface area (Å²) in [6.45, 7) is 0.819. The molecule has 172 valence electrons. The van der Waals surface area contributed by atoms with Crippen molar-refractivity contribution in [3.63, 3.8) is 0 Å². The van der Waals surface area contributed by atoms with Crippen LogP contribution < -0.4 is 5.32 Å².